The summed E-state index contributed by atoms with van der Waals surface area (Å²) in [6.45, 7) is 3.56. The average molecular weight is 205 g/mol. The minimum atomic E-state index is -0.218. The number of nitrogens with one attached hydrogen (secondary N) is 1. The summed E-state index contributed by atoms with van der Waals surface area (Å²) in [4.78, 5) is 17.9. The topological polar surface area (TPSA) is 89.6 Å². The van der Waals surface area contributed by atoms with Gasteiger partial charge >= 0.3 is 0 Å². The molecule has 0 unspecified atom stereocenters. The molecule has 2 rings (SSSR count). The number of nitrogens with two attached hydrogens (primary N) is 1. The van der Waals surface area contributed by atoms with Gasteiger partial charge in [-0.2, -0.15) is 9.78 Å². The molecule has 0 aliphatic heterocycles. The smallest absolute Gasteiger partial charge is 0.252 e. The zero-order valence-corrected chi connectivity index (χ0v) is 8.48. The molecule has 2 heterocycles. The van der Waals surface area contributed by atoms with Gasteiger partial charge in [0.2, 0.25) is 5.95 Å². The number of aromatic amines is 1. The van der Waals surface area contributed by atoms with Crippen LogP contribution in [0.25, 0.3) is 5.95 Å². The second kappa shape index (κ2) is 3.23. The number of aromatic nitrogens is 4. The largest absolute Gasteiger partial charge is 0.383 e. The third-order valence-electron chi connectivity index (χ3n) is 1.92. The van der Waals surface area contributed by atoms with Crippen LogP contribution in [0.5, 0.6) is 0 Å². The highest BCUT2D eigenvalue weighted by atomic mass is 16.1. The van der Waals surface area contributed by atoms with E-state index >= 15 is 0 Å². The molecule has 0 saturated carbocycles. The van der Waals surface area contributed by atoms with Crippen LogP contribution in [0.2, 0.25) is 0 Å². The number of nitrogen functional groups attached to an aromatic ring is 1. The Morgan fingerprint density at radius 2 is 2.07 bits per heavy atom. The Labute approximate surface area is 85.8 Å². The van der Waals surface area contributed by atoms with Crippen molar-refractivity contribution in [3.63, 3.8) is 0 Å². The summed E-state index contributed by atoms with van der Waals surface area (Å²) in [5, 5.41) is 4.12. The number of nitrogens with zero attached hydrogens (tertiary/aromatic N) is 3. The van der Waals surface area contributed by atoms with Crippen LogP contribution >= 0.6 is 0 Å². The molecule has 6 heteroatoms. The Morgan fingerprint density at radius 3 is 2.60 bits per heavy atom. The number of rotatable bonds is 1. The number of anilines is 1. The van der Waals surface area contributed by atoms with Crippen LogP contribution in [0, 0.1) is 13.8 Å². The molecule has 0 atom stereocenters. The monoisotopic (exact) mass is 205 g/mol. The average Bonchev–Trinajstić information content (AvgIpc) is 2.43. The Morgan fingerprint density at radius 1 is 1.33 bits per heavy atom. The summed E-state index contributed by atoms with van der Waals surface area (Å²) < 4.78 is 1.41. The molecule has 78 valence electrons. The fraction of sp³-hybridized carbons (Fsp3) is 0.222. The number of H-pyrrole nitrogens is 1. The van der Waals surface area contributed by atoms with E-state index in [4.69, 9.17) is 5.73 Å². The maximum Gasteiger partial charge on any atom is 0.252 e. The fourth-order valence-corrected chi connectivity index (χ4v) is 1.35. The van der Waals surface area contributed by atoms with Crippen LogP contribution in [-0.4, -0.2) is 19.7 Å². The van der Waals surface area contributed by atoms with Crippen molar-refractivity contribution in [3.05, 3.63) is 33.9 Å². The first-order chi connectivity index (χ1) is 7.06. The molecule has 0 aliphatic rings. The molecule has 2 aromatic heterocycles. The molecule has 0 spiro atoms. The molecule has 0 aromatic carbocycles. The van der Waals surface area contributed by atoms with Gasteiger partial charge in [0.25, 0.3) is 5.56 Å². The summed E-state index contributed by atoms with van der Waals surface area (Å²) >= 11 is 0. The minimum Gasteiger partial charge on any atom is -0.383 e. The van der Waals surface area contributed by atoms with Crippen molar-refractivity contribution in [2.45, 2.75) is 13.8 Å². The molecular formula is C9H11N5O. The van der Waals surface area contributed by atoms with E-state index in [1.54, 1.807) is 13.0 Å². The maximum atomic E-state index is 11.2. The lowest BCUT2D eigenvalue weighted by molar-refractivity contribution is 0.792. The van der Waals surface area contributed by atoms with Gasteiger partial charge in [-0.25, -0.2) is 4.98 Å². The quantitative estimate of drug-likeness (QED) is 0.693. The van der Waals surface area contributed by atoms with Crippen molar-refractivity contribution in [2.75, 3.05) is 5.73 Å². The van der Waals surface area contributed by atoms with E-state index in [1.807, 2.05) is 6.92 Å². The van der Waals surface area contributed by atoms with E-state index in [2.05, 4.69) is 15.1 Å². The molecular weight excluding hydrogens is 194 g/mol. The summed E-state index contributed by atoms with van der Waals surface area (Å²) in [5.74, 6) is 0.784. The van der Waals surface area contributed by atoms with E-state index < -0.39 is 0 Å². The first-order valence-corrected chi connectivity index (χ1v) is 4.47. The van der Waals surface area contributed by atoms with Gasteiger partial charge in [-0.15, -0.1) is 0 Å². The first-order valence-electron chi connectivity index (χ1n) is 4.47. The third kappa shape index (κ3) is 1.74. The molecule has 0 fully saturated rings. The van der Waals surface area contributed by atoms with E-state index in [0.717, 1.165) is 5.69 Å². The van der Waals surface area contributed by atoms with Gasteiger partial charge in [0, 0.05) is 17.8 Å². The van der Waals surface area contributed by atoms with Crippen LogP contribution in [0.4, 0.5) is 5.82 Å². The number of hydrogen-bond donors (Lipinski definition) is 2. The predicted octanol–water partition coefficient (Wildman–Crippen LogP) is 0.155. The van der Waals surface area contributed by atoms with Gasteiger partial charge in [0.15, 0.2) is 0 Å². The zero-order chi connectivity index (χ0) is 11.0. The Balaban J connectivity index is 2.63. The number of hydrogen-bond acceptors (Lipinski definition) is 4. The molecule has 0 amide bonds. The van der Waals surface area contributed by atoms with Crippen LogP contribution < -0.4 is 11.3 Å². The minimum absolute atomic E-state index is 0.218. The Kier molecular flexibility index (Phi) is 2.03. The van der Waals surface area contributed by atoms with Gasteiger partial charge < -0.3 is 5.73 Å². The van der Waals surface area contributed by atoms with Crippen molar-refractivity contribution >= 4 is 5.82 Å². The van der Waals surface area contributed by atoms with E-state index in [1.165, 1.54) is 10.7 Å². The van der Waals surface area contributed by atoms with Crippen LogP contribution in [0.3, 0.4) is 0 Å². The maximum absolute atomic E-state index is 11.2. The van der Waals surface area contributed by atoms with E-state index in [0.29, 0.717) is 17.5 Å². The Bertz CT molecular complexity index is 554. The normalized spacial score (nSPS) is 10.5. The predicted molar refractivity (Wildman–Crippen MR) is 55.9 cm³/mol. The highest BCUT2D eigenvalue weighted by Crippen LogP contribution is 2.09. The van der Waals surface area contributed by atoms with Crippen molar-refractivity contribution in [1.82, 2.24) is 19.7 Å². The first kappa shape index (κ1) is 9.45. The zero-order valence-electron chi connectivity index (χ0n) is 8.48. The summed E-state index contributed by atoms with van der Waals surface area (Å²) in [6, 6.07) is 3.12. The highest BCUT2D eigenvalue weighted by Gasteiger charge is 2.06. The van der Waals surface area contributed by atoms with Crippen molar-refractivity contribution < 1.29 is 0 Å². The fourth-order valence-electron chi connectivity index (χ4n) is 1.35. The summed E-state index contributed by atoms with van der Waals surface area (Å²) in [6.07, 6.45) is 0. The molecule has 3 N–H and O–H groups in total. The van der Waals surface area contributed by atoms with Gasteiger partial charge in [-0.3, -0.25) is 9.78 Å². The lowest BCUT2D eigenvalue weighted by atomic mass is 10.4. The van der Waals surface area contributed by atoms with Gasteiger partial charge in [0.1, 0.15) is 5.82 Å². The SMILES string of the molecule is Cc1cc(=O)[nH]c(-n2nc(C)cc2N)n1. The lowest BCUT2D eigenvalue weighted by Crippen LogP contribution is -2.15. The Hall–Kier alpha value is -2.11. The second-order valence-electron chi connectivity index (χ2n) is 3.33. The summed E-state index contributed by atoms with van der Waals surface area (Å²) in [5.41, 5.74) is 6.90. The molecule has 6 nitrogen and oxygen atoms in total. The van der Waals surface area contributed by atoms with Gasteiger partial charge in [-0.1, -0.05) is 0 Å². The van der Waals surface area contributed by atoms with Crippen molar-refractivity contribution in [3.8, 4) is 5.95 Å². The molecule has 0 saturated heterocycles. The van der Waals surface area contributed by atoms with Crippen molar-refractivity contribution in [2.24, 2.45) is 0 Å². The number of aryl methyl sites for hydroxylation is 2. The van der Waals surface area contributed by atoms with Crippen molar-refractivity contribution in [1.29, 1.82) is 0 Å². The van der Waals surface area contributed by atoms with Crippen LogP contribution in [-0.2, 0) is 0 Å². The molecule has 0 bridgehead atoms. The molecule has 0 aliphatic carbocycles. The molecule has 2 aromatic rings. The van der Waals surface area contributed by atoms with Crippen LogP contribution in [0.1, 0.15) is 11.4 Å². The van der Waals surface area contributed by atoms with Crippen LogP contribution in [0.15, 0.2) is 16.9 Å². The highest BCUT2D eigenvalue weighted by molar-refractivity contribution is 5.36. The summed E-state index contributed by atoms with van der Waals surface area (Å²) in [7, 11) is 0. The molecule has 0 radical (unpaired) electrons. The second-order valence-corrected chi connectivity index (χ2v) is 3.33. The standard InChI is InChI=1S/C9H11N5O/c1-5-4-8(15)12-9(11-5)14-7(10)3-6(2)13-14/h3-4H,10H2,1-2H3,(H,11,12,15). The lowest BCUT2D eigenvalue weighted by Gasteiger charge is -2.02. The van der Waals surface area contributed by atoms with E-state index in [-0.39, 0.29) is 5.56 Å². The third-order valence-corrected chi connectivity index (χ3v) is 1.92. The van der Waals surface area contributed by atoms with E-state index in [9.17, 15) is 4.79 Å². The molecule has 15 heavy (non-hydrogen) atoms. The van der Waals surface area contributed by atoms with Gasteiger partial charge in [-0.05, 0) is 13.8 Å². The van der Waals surface area contributed by atoms with Gasteiger partial charge in [0.05, 0.1) is 5.69 Å².